The maximum Gasteiger partial charge on any atom is 0.166 e. The summed E-state index contributed by atoms with van der Waals surface area (Å²) in [7, 11) is 0. The number of ketones is 1. The lowest BCUT2D eigenvalue weighted by molar-refractivity contribution is 0.0985. The summed E-state index contributed by atoms with van der Waals surface area (Å²) in [6, 6.07) is 3.20. The molecule has 0 unspecified atom stereocenters. The highest BCUT2D eigenvalue weighted by molar-refractivity contribution is 5.99. The lowest BCUT2D eigenvalue weighted by Gasteiger charge is -2.28. The molecule has 0 aliphatic carbocycles. The molecule has 17 heavy (non-hydrogen) atoms. The maximum atomic E-state index is 11.6. The van der Waals surface area contributed by atoms with Gasteiger partial charge < -0.3 is 9.84 Å². The van der Waals surface area contributed by atoms with Gasteiger partial charge in [-0.25, -0.2) is 0 Å². The number of carbonyl (C=O) groups excluding carboxylic acids is 1. The largest absolute Gasteiger partial charge is 0.507 e. The highest BCUT2D eigenvalue weighted by Gasteiger charge is 2.23. The van der Waals surface area contributed by atoms with E-state index in [1.54, 1.807) is 13.0 Å². The minimum absolute atomic E-state index is 0.0123. The summed E-state index contributed by atoms with van der Waals surface area (Å²) in [5.74, 6) is 0.535. The predicted octanol–water partition coefficient (Wildman–Crippen LogP) is 3.17. The predicted molar refractivity (Wildman–Crippen MR) is 66.5 cm³/mol. The fourth-order valence-corrected chi connectivity index (χ4v) is 1.83. The lowest BCUT2D eigenvalue weighted by Crippen LogP contribution is -2.27. The van der Waals surface area contributed by atoms with Crippen LogP contribution < -0.4 is 4.74 Å². The first-order valence-corrected chi connectivity index (χ1v) is 5.71. The number of benzene rings is 1. The summed E-state index contributed by atoms with van der Waals surface area (Å²) in [6.45, 7) is 5.65. The van der Waals surface area contributed by atoms with Crippen LogP contribution in [0.5, 0.6) is 11.5 Å². The van der Waals surface area contributed by atoms with Gasteiger partial charge in [0.15, 0.2) is 5.78 Å². The van der Waals surface area contributed by atoms with Gasteiger partial charge in [-0.3, -0.25) is 4.79 Å². The van der Waals surface area contributed by atoms with Gasteiger partial charge in [0.2, 0.25) is 0 Å². The molecule has 0 atom stereocenters. The molecule has 3 nitrogen and oxygen atoms in total. The molecule has 3 heteroatoms. The Morgan fingerprint density at radius 1 is 1.41 bits per heavy atom. The Morgan fingerprint density at radius 2 is 2.12 bits per heavy atom. The van der Waals surface area contributed by atoms with Crippen LogP contribution in [-0.4, -0.2) is 16.5 Å². The van der Waals surface area contributed by atoms with Crippen molar-refractivity contribution in [2.24, 2.45) is 0 Å². The van der Waals surface area contributed by atoms with Crippen LogP contribution in [0.25, 0.3) is 6.08 Å². The van der Waals surface area contributed by atoms with E-state index in [1.165, 1.54) is 6.07 Å². The number of hydrogen-bond donors (Lipinski definition) is 1. The third kappa shape index (κ3) is 2.18. The Bertz CT molecular complexity index is 498. The Hall–Kier alpha value is -1.77. The number of Topliss-reactive ketones (excluding diaryl/α,β-unsaturated/α-hetero) is 1. The summed E-state index contributed by atoms with van der Waals surface area (Å²) in [4.78, 5) is 11.6. The standard InChI is InChI=1S/C14H16O3/c1-4-11(15)10-7-9-5-6-14(2,3)17-13(9)8-12(10)16/h5-8,16H,4H2,1-3H3. The van der Waals surface area contributed by atoms with Gasteiger partial charge in [-0.05, 0) is 26.0 Å². The molecule has 0 amide bonds. The molecule has 1 N–H and O–H groups in total. The summed E-state index contributed by atoms with van der Waals surface area (Å²) in [5.41, 5.74) is 0.813. The van der Waals surface area contributed by atoms with E-state index in [4.69, 9.17) is 4.74 Å². The van der Waals surface area contributed by atoms with Gasteiger partial charge in [-0.2, -0.15) is 0 Å². The zero-order chi connectivity index (χ0) is 12.6. The molecule has 0 fully saturated rings. The molecule has 1 aromatic carbocycles. The molecule has 1 aliphatic rings. The van der Waals surface area contributed by atoms with Gasteiger partial charge >= 0.3 is 0 Å². The summed E-state index contributed by atoms with van der Waals surface area (Å²) in [5, 5.41) is 9.81. The number of rotatable bonds is 2. The minimum Gasteiger partial charge on any atom is -0.507 e. The lowest BCUT2D eigenvalue weighted by atomic mass is 9.98. The zero-order valence-electron chi connectivity index (χ0n) is 10.3. The van der Waals surface area contributed by atoms with E-state index in [0.717, 1.165) is 5.56 Å². The first-order valence-electron chi connectivity index (χ1n) is 5.71. The summed E-state index contributed by atoms with van der Waals surface area (Å²) < 4.78 is 5.71. The van der Waals surface area contributed by atoms with Crippen molar-refractivity contribution in [1.29, 1.82) is 0 Å². The van der Waals surface area contributed by atoms with Gasteiger partial charge in [-0.1, -0.05) is 13.0 Å². The van der Waals surface area contributed by atoms with Crippen molar-refractivity contribution < 1.29 is 14.6 Å². The Kier molecular flexibility index (Phi) is 2.69. The van der Waals surface area contributed by atoms with Crippen LogP contribution in [0.1, 0.15) is 43.1 Å². The molecule has 1 aliphatic heterocycles. The molecule has 0 saturated carbocycles. The van der Waals surface area contributed by atoms with Gasteiger partial charge in [0.1, 0.15) is 17.1 Å². The molecule has 1 heterocycles. The van der Waals surface area contributed by atoms with E-state index in [0.29, 0.717) is 17.7 Å². The van der Waals surface area contributed by atoms with Gasteiger partial charge in [0.05, 0.1) is 5.56 Å². The van der Waals surface area contributed by atoms with E-state index in [2.05, 4.69) is 0 Å². The number of aromatic hydroxyl groups is 1. The number of ether oxygens (including phenoxy) is 1. The van der Waals surface area contributed by atoms with Crippen molar-refractivity contribution in [3.8, 4) is 11.5 Å². The topological polar surface area (TPSA) is 46.5 Å². The van der Waals surface area contributed by atoms with Crippen LogP contribution in [0.2, 0.25) is 0 Å². The maximum absolute atomic E-state index is 11.6. The molecular weight excluding hydrogens is 216 g/mol. The van der Waals surface area contributed by atoms with Gasteiger partial charge in [-0.15, -0.1) is 0 Å². The molecule has 0 bridgehead atoms. The second-order valence-electron chi connectivity index (χ2n) is 4.72. The van der Waals surface area contributed by atoms with Crippen molar-refractivity contribution in [3.05, 3.63) is 29.3 Å². The third-order valence-corrected chi connectivity index (χ3v) is 2.79. The zero-order valence-corrected chi connectivity index (χ0v) is 10.3. The fraction of sp³-hybridized carbons (Fsp3) is 0.357. The summed E-state index contributed by atoms with van der Waals surface area (Å²) >= 11 is 0. The number of hydrogen-bond acceptors (Lipinski definition) is 3. The molecule has 0 saturated heterocycles. The van der Waals surface area contributed by atoms with Crippen molar-refractivity contribution >= 4 is 11.9 Å². The molecule has 90 valence electrons. The van der Waals surface area contributed by atoms with E-state index in [9.17, 15) is 9.90 Å². The molecular formula is C14H16O3. The Balaban J connectivity index is 2.49. The normalized spacial score (nSPS) is 16.2. The number of phenols is 1. The first-order chi connectivity index (χ1) is 7.93. The van der Waals surface area contributed by atoms with Crippen LogP contribution in [0.15, 0.2) is 18.2 Å². The number of phenolic OH excluding ortho intramolecular Hbond substituents is 1. The number of carbonyl (C=O) groups is 1. The second kappa shape index (κ2) is 3.91. The van der Waals surface area contributed by atoms with E-state index in [-0.39, 0.29) is 17.1 Å². The van der Waals surface area contributed by atoms with E-state index >= 15 is 0 Å². The van der Waals surface area contributed by atoms with Crippen LogP contribution in [0, 0.1) is 0 Å². The van der Waals surface area contributed by atoms with Crippen LogP contribution in [-0.2, 0) is 0 Å². The van der Waals surface area contributed by atoms with Crippen molar-refractivity contribution in [2.75, 3.05) is 0 Å². The average Bonchev–Trinajstić information content (AvgIpc) is 2.26. The highest BCUT2D eigenvalue weighted by atomic mass is 16.5. The van der Waals surface area contributed by atoms with Gasteiger partial charge in [0.25, 0.3) is 0 Å². The van der Waals surface area contributed by atoms with E-state index in [1.807, 2.05) is 26.0 Å². The minimum atomic E-state index is -0.379. The quantitative estimate of drug-likeness (QED) is 0.797. The van der Waals surface area contributed by atoms with Crippen LogP contribution in [0.4, 0.5) is 0 Å². The molecule has 0 aromatic heterocycles. The number of fused-ring (bicyclic) bond motifs is 1. The SMILES string of the molecule is CCC(=O)c1cc2c(cc1O)OC(C)(C)C=C2. The van der Waals surface area contributed by atoms with Crippen molar-refractivity contribution in [2.45, 2.75) is 32.8 Å². The molecule has 0 radical (unpaired) electrons. The molecule has 0 spiro atoms. The fourth-order valence-electron chi connectivity index (χ4n) is 1.83. The Morgan fingerprint density at radius 3 is 2.76 bits per heavy atom. The van der Waals surface area contributed by atoms with Gasteiger partial charge in [0, 0.05) is 18.1 Å². The van der Waals surface area contributed by atoms with Crippen LogP contribution >= 0.6 is 0 Å². The monoisotopic (exact) mass is 232 g/mol. The third-order valence-electron chi connectivity index (χ3n) is 2.79. The van der Waals surface area contributed by atoms with E-state index < -0.39 is 0 Å². The molecule has 1 aromatic rings. The van der Waals surface area contributed by atoms with Crippen LogP contribution in [0.3, 0.4) is 0 Å². The molecule has 2 rings (SSSR count). The van der Waals surface area contributed by atoms with Crippen molar-refractivity contribution in [1.82, 2.24) is 0 Å². The Labute approximate surface area is 101 Å². The average molecular weight is 232 g/mol. The first kappa shape index (κ1) is 11.7. The smallest absolute Gasteiger partial charge is 0.166 e. The second-order valence-corrected chi connectivity index (χ2v) is 4.72. The summed E-state index contributed by atoms with van der Waals surface area (Å²) in [6.07, 6.45) is 4.24. The van der Waals surface area contributed by atoms with Crippen molar-refractivity contribution in [3.63, 3.8) is 0 Å². The highest BCUT2D eigenvalue weighted by Crippen LogP contribution is 2.35.